The van der Waals surface area contributed by atoms with Crippen LogP contribution < -0.4 is 4.74 Å². The van der Waals surface area contributed by atoms with Gasteiger partial charge in [0, 0.05) is 10.9 Å². The third-order valence-corrected chi connectivity index (χ3v) is 7.21. The van der Waals surface area contributed by atoms with Gasteiger partial charge in [-0.3, -0.25) is 4.79 Å². The molecule has 5 heteroatoms. The van der Waals surface area contributed by atoms with E-state index in [2.05, 4.69) is 0 Å². The Morgan fingerprint density at radius 1 is 0.675 bits per heavy atom. The molecular weight excluding hydrogens is 498 g/mol. The molecule has 0 radical (unpaired) electrons. The summed E-state index contributed by atoms with van der Waals surface area (Å²) < 4.78 is 12.9. The molecule has 0 saturated heterocycles. The number of carbonyl (C=O) groups excluding carboxylic acids is 2. The van der Waals surface area contributed by atoms with Crippen LogP contribution in [-0.2, 0) is 11.3 Å². The van der Waals surface area contributed by atoms with Crippen molar-refractivity contribution in [2.24, 2.45) is 0 Å². The molecule has 0 atom stereocenters. The van der Waals surface area contributed by atoms with Gasteiger partial charge in [0.2, 0.25) is 11.8 Å². The Labute approximate surface area is 232 Å². The first kappa shape index (κ1) is 25.1. The van der Waals surface area contributed by atoms with Crippen molar-refractivity contribution in [3.63, 3.8) is 0 Å². The van der Waals surface area contributed by atoms with Crippen LogP contribution in [0, 0.1) is 6.92 Å². The monoisotopic (exact) mass is 525 g/mol. The smallest absolute Gasteiger partial charge is 0.429 e. The maximum atomic E-state index is 14.4. The predicted molar refractivity (Wildman–Crippen MR) is 157 cm³/mol. The molecule has 40 heavy (non-hydrogen) atoms. The number of hydrogen-bond donors (Lipinski definition) is 0. The zero-order valence-electron chi connectivity index (χ0n) is 22.0. The second-order valence-corrected chi connectivity index (χ2v) is 9.65. The average molecular weight is 526 g/mol. The lowest BCUT2D eigenvalue weighted by Crippen LogP contribution is -2.23. The first-order chi connectivity index (χ1) is 19.6. The molecule has 1 heterocycles. The standard InChI is InChI=1S/C35H27NO4/c1-24-29-20-10-11-22-31(29)36(33(37)32(26-14-4-2-5-15-26)27-16-6-3-7-17-27)34(24)40-35(38)39-23-28-19-12-18-25-13-8-9-21-30(25)28/h2-22,32H,23H2,1H3. The first-order valence-electron chi connectivity index (χ1n) is 13.2. The normalized spacial score (nSPS) is 11.2. The van der Waals surface area contributed by atoms with E-state index in [1.54, 1.807) is 0 Å². The first-order valence-corrected chi connectivity index (χ1v) is 13.2. The number of benzene rings is 5. The molecule has 0 bridgehead atoms. The van der Waals surface area contributed by atoms with Gasteiger partial charge in [-0.05, 0) is 40.5 Å². The highest BCUT2D eigenvalue weighted by molar-refractivity contribution is 6.01. The molecule has 6 aromatic rings. The average Bonchev–Trinajstić information content (AvgIpc) is 3.28. The lowest BCUT2D eigenvalue weighted by atomic mass is 9.90. The SMILES string of the molecule is Cc1c(OC(=O)OCc2cccc3ccccc23)n(C(=O)C(c2ccccc2)c2ccccc2)c2ccccc12. The molecule has 0 N–H and O–H groups in total. The van der Waals surface area contributed by atoms with Crippen molar-refractivity contribution in [1.29, 1.82) is 0 Å². The van der Waals surface area contributed by atoms with Crippen LogP contribution in [0.15, 0.2) is 127 Å². The maximum Gasteiger partial charge on any atom is 0.515 e. The van der Waals surface area contributed by atoms with Crippen molar-refractivity contribution in [3.05, 3.63) is 150 Å². The summed E-state index contributed by atoms with van der Waals surface area (Å²) in [5, 5.41) is 2.89. The molecule has 5 nitrogen and oxygen atoms in total. The third kappa shape index (κ3) is 4.74. The molecule has 0 fully saturated rings. The third-order valence-electron chi connectivity index (χ3n) is 7.21. The van der Waals surface area contributed by atoms with Crippen molar-refractivity contribution in [1.82, 2.24) is 4.57 Å². The zero-order valence-corrected chi connectivity index (χ0v) is 22.0. The summed E-state index contributed by atoms with van der Waals surface area (Å²) in [5.74, 6) is -0.670. The van der Waals surface area contributed by atoms with E-state index in [-0.39, 0.29) is 18.4 Å². The van der Waals surface area contributed by atoms with Gasteiger partial charge < -0.3 is 9.47 Å². The quantitative estimate of drug-likeness (QED) is 0.205. The van der Waals surface area contributed by atoms with Gasteiger partial charge >= 0.3 is 6.16 Å². The summed E-state index contributed by atoms with van der Waals surface area (Å²) in [7, 11) is 0. The summed E-state index contributed by atoms with van der Waals surface area (Å²) in [6.45, 7) is 1.89. The van der Waals surface area contributed by atoms with Crippen molar-refractivity contribution in [2.45, 2.75) is 19.4 Å². The van der Waals surface area contributed by atoms with Crippen molar-refractivity contribution in [3.8, 4) is 5.88 Å². The molecule has 0 aliphatic rings. The lowest BCUT2D eigenvalue weighted by Gasteiger charge is -2.19. The Kier molecular flexibility index (Phi) is 6.86. The molecule has 0 amide bonds. The van der Waals surface area contributed by atoms with E-state index >= 15 is 0 Å². The molecule has 1 aromatic heterocycles. The van der Waals surface area contributed by atoms with Gasteiger partial charge in [0.05, 0.1) is 11.4 Å². The van der Waals surface area contributed by atoms with Gasteiger partial charge in [-0.15, -0.1) is 0 Å². The van der Waals surface area contributed by atoms with Crippen LogP contribution in [0.1, 0.15) is 33.0 Å². The Hall–Kier alpha value is -5.16. The van der Waals surface area contributed by atoms with Crippen LogP contribution in [0.5, 0.6) is 5.88 Å². The van der Waals surface area contributed by atoms with E-state index in [1.165, 1.54) is 4.57 Å². The molecule has 0 unspecified atom stereocenters. The summed E-state index contributed by atoms with van der Waals surface area (Å²) in [6.07, 6.45) is -0.871. The topological polar surface area (TPSA) is 57.5 Å². The van der Waals surface area contributed by atoms with Crippen LogP contribution in [-0.4, -0.2) is 16.6 Å². The number of nitrogens with zero attached hydrogens (tertiary/aromatic N) is 1. The minimum atomic E-state index is -0.871. The molecule has 5 aromatic carbocycles. The number of para-hydroxylation sites is 1. The van der Waals surface area contributed by atoms with Crippen LogP contribution in [0.4, 0.5) is 4.79 Å². The molecule has 6 rings (SSSR count). The Morgan fingerprint density at radius 3 is 1.95 bits per heavy atom. The van der Waals surface area contributed by atoms with Crippen molar-refractivity contribution in [2.75, 3.05) is 0 Å². The summed E-state index contributed by atoms with van der Waals surface area (Å²) in [5.41, 5.74) is 3.92. The Morgan fingerprint density at radius 2 is 1.25 bits per heavy atom. The number of aromatic nitrogens is 1. The van der Waals surface area contributed by atoms with E-state index in [9.17, 15) is 9.59 Å². The van der Waals surface area contributed by atoms with Gasteiger partial charge in [0.15, 0.2) is 0 Å². The van der Waals surface area contributed by atoms with Crippen LogP contribution >= 0.6 is 0 Å². The van der Waals surface area contributed by atoms with E-state index in [1.807, 2.05) is 134 Å². The molecular formula is C35H27NO4. The number of hydrogen-bond acceptors (Lipinski definition) is 4. The van der Waals surface area contributed by atoms with Crippen LogP contribution in [0.25, 0.3) is 21.7 Å². The van der Waals surface area contributed by atoms with Gasteiger partial charge in [-0.25, -0.2) is 9.36 Å². The molecule has 196 valence electrons. The molecule has 0 aliphatic heterocycles. The summed E-state index contributed by atoms with van der Waals surface area (Å²) >= 11 is 0. The van der Waals surface area contributed by atoms with E-state index in [0.717, 1.165) is 32.8 Å². The highest BCUT2D eigenvalue weighted by Crippen LogP contribution is 2.36. The summed E-state index contributed by atoms with van der Waals surface area (Å²) in [6, 6.07) is 40.6. The van der Waals surface area contributed by atoms with Crippen LogP contribution in [0.2, 0.25) is 0 Å². The predicted octanol–water partition coefficient (Wildman–Crippen LogP) is 8.29. The Balaban J connectivity index is 1.37. The van der Waals surface area contributed by atoms with Gasteiger partial charge in [-0.1, -0.05) is 121 Å². The van der Waals surface area contributed by atoms with E-state index in [4.69, 9.17) is 9.47 Å². The number of carbonyl (C=O) groups is 2. The minimum absolute atomic E-state index is 0.0457. The number of fused-ring (bicyclic) bond motifs is 2. The highest BCUT2D eigenvalue weighted by Gasteiger charge is 2.30. The summed E-state index contributed by atoms with van der Waals surface area (Å²) in [4.78, 5) is 27.5. The highest BCUT2D eigenvalue weighted by atomic mass is 16.7. The molecule has 0 aliphatic carbocycles. The van der Waals surface area contributed by atoms with Crippen molar-refractivity contribution >= 4 is 33.7 Å². The number of aryl methyl sites for hydroxylation is 1. The van der Waals surface area contributed by atoms with Crippen LogP contribution in [0.3, 0.4) is 0 Å². The van der Waals surface area contributed by atoms with E-state index in [0.29, 0.717) is 11.1 Å². The van der Waals surface area contributed by atoms with Gasteiger partial charge in [-0.2, -0.15) is 0 Å². The molecule has 0 saturated carbocycles. The number of rotatable bonds is 6. The van der Waals surface area contributed by atoms with Crippen molar-refractivity contribution < 1.29 is 19.1 Å². The fourth-order valence-corrected chi connectivity index (χ4v) is 5.28. The minimum Gasteiger partial charge on any atom is -0.429 e. The van der Waals surface area contributed by atoms with E-state index < -0.39 is 12.1 Å². The lowest BCUT2D eigenvalue weighted by molar-refractivity contribution is 0.0829. The maximum absolute atomic E-state index is 14.4. The largest absolute Gasteiger partial charge is 0.515 e. The Bertz CT molecular complexity index is 1780. The zero-order chi connectivity index (χ0) is 27.5. The molecule has 0 spiro atoms. The second-order valence-electron chi connectivity index (χ2n) is 9.65. The number of ether oxygens (including phenoxy) is 2. The fraction of sp³-hybridized carbons (Fsp3) is 0.0857. The fourth-order valence-electron chi connectivity index (χ4n) is 5.28. The van der Waals surface area contributed by atoms with Gasteiger partial charge in [0.25, 0.3) is 0 Å². The second kappa shape index (κ2) is 10.9. The van der Waals surface area contributed by atoms with Gasteiger partial charge in [0.1, 0.15) is 6.61 Å².